The molecule has 0 saturated carbocycles. The van der Waals surface area contributed by atoms with E-state index < -0.39 is 0 Å². The number of aromatic hydroxyl groups is 1. The van der Waals surface area contributed by atoms with Crippen LogP contribution >= 0.6 is 0 Å². The number of hydrogen-bond acceptors (Lipinski definition) is 6. The van der Waals surface area contributed by atoms with E-state index in [0.29, 0.717) is 29.2 Å². The molecule has 1 unspecified atom stereocenters. The highest BCUT2D eigenvalue weighted by atomic mass is 16.5. The monoisotopic (exact) mass is 363 g/mol. The molecule has 4 heterocycles. The van der Waals surface area contributed by atoms with Crippen LogP contribution in [0.4, 0.5) is 0 Å². The lowest BCUT2D eigenvalue weighted by Gasteiger charge is -2.28. The zero-order chi connectivity index (χ0) is 18.2. The molecule has 2 fully saturated rings. The van der Waals surface area contributed by atoms with Crippen molar-refractivity contribution in [1.82, 2.24) is 25.3 Å². The third kappa shape index (κ3) is 3.26. The maximum absolute atomic E-state index is 10.4. The van der Waals surface area contributed by atoms with Gasteiger partial charge in [0.05, 0.1) is 11.4 Å². The lowest BCUT2D eigenvalue weighted by atomic mass is 10.0. The summed E-state index contributed by atoms with van der Waals surface area (Å²) >= 11 is 0. The molecule has 0 radical (unpaired) electrons. The fourth-order valence-corrected chi connectivity index (χ4v) is 4.10. The molecular formula is C20H21N5O2. The van der Waals surface area contributed by atoms with Crippen molar-refractivity contribution in [3.63, 3.8) is 0 Å². The standard InChI is InChI=1S/C20H21N5O2/c26-19-12-15(25-9-1-8-21-25)4-5-17(19)18-6-7-20(24-23-18)27-16-10-13-2-3-14(11-16)22-13/h1,4-9,12-14,16,22,26H,2-3,10-11H2/t13-,14+,16?. The second kappa shape index (κ2) is 6.66. The number of fused-ring (bicyclic) bond motifs is 2. The quantitative estimate of drug-likeness (QED) is 0.741. The van der Waals surface area contributed by atoms with Crippen molar-refractivity contribution < 1.29 is 9.84 Å². The van der Waals surface area contributed by atoms with Gasteiger partial charge in [-0.15, -0.1) is 10.2 Å². The first-order valence-electron chi connectivity index (χ1n) is 9.34. The Morgan fingerprint density at radius 3 is 2.59 bits per heavy atom. The molecule has 1 aromatic carbocycles. The van der Waals surface area contributed by atoms with Crippen molar-refractivity contribution in [3.8, 4) is 28.6 Å². The summed E-state index contributed by atoms with van der Waals surface area (Å²) in [6.45, 7) is 0. The third-order valence-electron chi connectivity index (χ3n) is 5.38. The van der Waals surface area contributed by atoms with Gasteiger partial charge in [-0.2, -0.15) is 5.10 Å². The van der Waals surface area contributed by atoms with E-state index >= 15 is 0 Å². The molecule has 138 valence electrons. The minimum Gasteiger partial charge on any atom is -0.507 e. The fraction of sp³-hybridized carbons (Fsp3) is 0.350. The van der Waals surface area contributed by atoms with E-state index in [-0.39, 0.29) is 11.9 Å². The summed E-state index contributed by atoms with van der Waals surface area (Å²) in [5.74, 6) is 0.679. The van der Waals surface area contributed by atoms with E-state index in [1.807, 2.05) is 36.5 Å². The van der Waals surface area contributed by atoms with Crippen LogP contribution in [0.5, 0.6) is 11.6 Å². The molecule has 2 aromatic heterocycles. The first-order chi connectivity index (χ1) is 13.2. The summed E-state index contributed by atoms with van der Waals surface area (Å²) in [4.78, 5) is 0. The zero-order valence-electron chi connectivity index (χ0n) is 14.8. The normalized spacial score (nSPS) is 24.1. The first-order valence-corrected chi connectivity index (χ1v) is 9.34. The number of phenols is 1. The predicted octanol–water partition coefficient (Wildman–Crippen LogP) is 2.70. The van der Waals surface area contributed by atoms with Crippen LogP contribution in [0.1, 0.15) is 25.7 Å². The number of benzene rings is 1. The molecule has 3 aromatic rings. The van der Waals surface area contributed by atoms with Crippen LogP contribution in [-0.4, -0.2) is 43.3 Å². The molecule has 7 heteroatoms. The SMILES string of the molecule is Oc1cc(-n2cccn2)ccc1-c1ccc(OC2C[C@H]3CC[C@@H](C2)N3)nn1. The molecule has 2 bridgehead atoms. The highest BCUT2D eigenvalue weighted by molar-refractivity contribution is 5.68. The molecule has 3 atom stereocenters. The van der Waals surface area contributed by atoms with Gasteiger partial charge in [0.1, 0.15) is 11.9 Å². The van der Waals surface area contributed by atoms with E-state index in [1.54, 1.807) is 16.9 Å². The van der Waals surface area contributed by atoms with Crippen LogP contribution in [0, 0.1) is 0 Å². The second-order valence-corrected chi connectivity index (χ2v) is 7.26. The average molecular weight is 363 g/mol. The van der Waals surface area contributed by atoms with Crippen LogP contribution in [0.3, 0.4) is 0 Å². The van der Waals surface area contributed by atoms with Gasteiger partial charge in [-0.25, -0.2) is 4.68 Å². The Hall–Kier alpha value is -2.93. The summed E-state index contributed by atoms with van der Waals surface area (Å²) < 4.78 is 7.73. The lowest BCUT2D eigenvalue weighted by Crippen LogP contribution is -2.42. The van der Waals surface area contributed by atoms with Gasteiger partial charge in [0.15, 0.2) is 0 Å². The van der Waals surface area contributed by atoms with Crippen molar-refractivity contribution in [1.29, 1.82) is 0 Å². The molecule has 0 spiro atoms. The van der Waals surface area contributed by atoms with Gasteiger partial charge < -0.3 is 15.2 Å². The molecule has 0 aliphatic carbocycles. The van der Waals surface area contributed by atoms with Crippen LogP contribution < -0.4 is 10.1 Å². The highest BCUT2D eigenvalue weighted by Gasteiger charge is 2.34. The lowest BCUT2D eigenvalue weighted by molar-refractivity contribution is 0.130. The van der Waals surface area contributed by atoms with Gasteiger partial charge >= 0.3 is 0 Å². The number of piperidine rings is 1. The number of nitrogens with zero attached hydrogens (tertiary/aromatic N) is 4. The number of nitrogens with one attached hydrogen (secondary N) is 1. The predicted molar refractivity (Wildman–Crippen MR) is 99.9 cm³/mol. The molecule has 2 N–H and O–H groups in total. The maximum atomic E-state index is 10.4. The average Bonchev–Trinajstić information content (AvgIpc) is 3.32. The Labute approximate surface area is 157 Å². The van der Waals surface area contributed by atoms with Gasteiger partial charge in [-0.1, -0.05) is 0 Å². The van der Waals surface area contributed by atoms with Gasteiger partial charge in [-0.05, 0) is 49.9 Å². The minimum absolute atomic E-state index is 0.140. The molecule has 2 saturated heterocycles. The van der Waals surface area contributed by atoms with Gasteiger partial charge in [0, 0.05) is 42.2 Å². The number of rotatable bonds is 4. The summed E-state index contributed by atoms with van der Waals surface area (Å²) in [5.41, 5.74) is 2.02. The molecule has 2 aliphatic rings. The minimum atomic E-state index is 0.140. The highest BCUT2D eigenvalue weighted by Crippen LogP contribution is 2.31. The van der Waals surface area contributed by atoms with Crippen molar-refractivity contribution in [2.75, 3.05) is 0 Å². The van der Waals surface area contributed by atoms with Crippen molar-refractivity contribution >= 4 is 0 Å². The zero-order valence-corrected chi connectivity index (χ0v) is 14.8. The summed E-state index contributed by atoms with van der Waals surface area (Å²) in [6, 6.07) is 12.0. The molecule has 0 amide bonds. The largest absolute Gasteiger partial charge is 0.507 e. The Balaban J connectivity index is 1.31. The Morgan fingerprint density at radius 1 is 1.07 bits per heavy atom. The first kappa shape index (κ1) is 16.3. The van der Waals surface area contributed by atoms with E-state index in [2.05, 4.69) is 20.6 Å². The van der Waals surface area contributed by atoms with Gasteiger partial charge in [-0.3, -0.25) is 0 Å². The number of hydrogen-bond donors (Lipinski definition) is 2. The molecule has 27 heavy (non-hydrogen) atoms. The smallest absolute Gasteiger partial charge is 0.233 e. The van der Waals surface area contributed by atoms with Crippen LogP contribution in [0.25, 0.3) is 16.9 Å². The number of phenolic OH excluding ortho intramolecular Hbond substituents is 1. The third-order valence-corrected chi connectivity index (χ3v) is 5.38. The van der Waals surface area contributed by atoms with Crippen LogP contribution in [-0.2, 0) is 0 Å². The molecular weight excluding hydrogens is 342 g/mol. The summed E-state index contributed by atoms with van der Waals surface area (Å²) in [5, 5.41) is 26.6. The molecule has 7 nitrogen and oxygen atoms in total. The van der Waals surface area contributed by atoms with E-state index in [9.17, 15) is 5.11 Å². The van der Waals surface area contributed by atoms with Crippen molar-refractivity contribution in [2.45, 2.75) is 43.9 Å². The summed E-state index contributed by atoms with van der Waals surface area (Å²) in [7, 11) is 0. The second-order valence-electron chi connectivity index (χ2n) is 7.26. The van der Waals surface area contributed by atoms with E-state index in [1.165, 1.54) is 12.8 Å². The van der Waals surface area contributed by atoms with Crippen molar-refractivity contribution in [2.24, 2.45) is 0 Å². The Bertz CT molecular complexity index is 914. The molecule has 5 rings (SSSR count). The van der Waals surface area contributed by atoms with Gasteiger partial charge in [0.2, 0.25) is 5.88 Å². The fourth-order valence-electron chi connectivity index (χ4n) is 4.10. The van der Waals surface area contributed by atoms with Crippen LogP contribution in [0.15, 0.2) is 48.8 Å². The maximum Gasteiger partial charge on any atom is 0.233 e. The van der Waals surface area contributed by atoms with E-state index in [4.69, 9.17) is 4.74 Å². The topological polar surface area (TPSA) is 85.1 Å². The number of ether oxygens (including phenoxy) is 1. The Kier molecular flexibility index (Phi) is 4.01. The van der Waals surface area contributed by atoms with Crippen molar-refractivity contribution in [3.05, 3.63) is 48.8 Å². The molecule has 2 aliphatic heterocycles. The van der Waals surface area contributed by atoms with Crippen LogP contribution in [0.2, 0.25) is 0 Å². The van der Waals surface area contributed by atoms with E-state index in [0.717, 1.165) is 18.5 Å². The summed E-state index contributed by atoms with van der Waals surface area (Å²) in [6.07, 6.45) is 8.25. The van der Waals surface area contributed by atoms with Gasteiger partial charge in [0.25, 0.3) is 0 Å². The number of aromatic nitrogens is 4. The Morgan fingerprint density at radius 2 is 1.93 bits per heavy atom.